The maximum absolute atomic E-state index is 12.9. The molecule has 4 rings (SSSR count). The molecule has 0 unspecified atom stereocenters. The van der Waals surface area contributed by atoms with Crippen LogP contribution in [-0.2, 0) is 29.7 Å². The molecule has 0 bridgehead atoms. The number of rotatable bonds is 5. The van der Waals surface area contributed by atoms with Crippen LogP contribution in [0.15, 0.2) is 42.6 Å². The Labute approximate surface area is 166 Å². The zero-order valence-corrected chi connectivity index (χ0v) is 16.7. The van der Waals surface area contributed by atoms with Crippen molar-refractivity contribution < 1.29 is 21.6 Å². The second kappa shape index (κ2) is 6.56. The highest BCUT2D eigenvalue weighted by molar-refractivity contribution is 7.91. The maximum Gasteiger partial charge on any atom is 0.416 e. The second-order valence-electron chi connectivity index (χ2n) is 7.52. The van der Waals surface area contributed by atoms with Crippen LogP contribution in [-0.4, -0.2) is 30.0 Å². The van der Waals surface area contributed by atoms with Gasteiger partial charge in [0.1, 0.15) is 0 Å². The van der Waals surface area contributed by atoms with Crippen LogP contribution >= 0.6 is 0 Å². The summed E-state index contributed by atoms with van der Waals surface area (Å²) in [5, 5.41) is 5.28. The third kappa shape index (κ3) is 3.53. The Morgan fingerprint density at radius 2 is 1.79 bits per heavy atom. The van der Waals surface area contributed by atoms with Gasteiger partial charge < -0.3 is 0 Å². The van der Waals surface area contributed by atoms with Crippen molar-refractivity contribution in [2.75, 3.05) is 7.05 Å². The van der Waals surface area contributed by atoms with Crippen LogP contribution in [0.3, 0.4) is 0 Å². The molecule has 1 aliphatic carbocycles. The Morgan fingerprint density at radius 1 is 1.14 bits per heavy atom. The highest BCUT2D eigenvalue weighted by atomic mass is 32.2. The Hall–Kier alpha value is -2.39. The number of aromatic nitrogens is 2. The van der Waals surface area contributed by atoms with Gasteiger partial charge in [0.05, 0.1) is 15.8 Å². The summed E-state index contributed by atoms with van der Waals surface area (Å²) < 4.78 is 66.7. The molecule has 9 heteroatoms. The first-order valence-electron chi connectivity index (χ1n) is 9.12. The number of benzene rings is 2. The van der Waals surface area contributed by atoms with Gasteiger partial charge in [0.15, 0.2) is 0 Å². The molecule has 1 aromatic heterocycles. The van der Waals surface area contributed by atoms with E-state index in [0.717, 1.165) is 28.6 Å². The number of alkyl halides is 3. The molecule has 0 aliphatic heterocycles. The molecule has 0 spiro atoms. The molecule has 0 atom stereocenters. The van der Waals surface area contributed by atoms with Gasteiger partial charge in [-0.05, 0) is 67.3 Å². The highest BCUT2D eigenvalue weighted by Gasteiger charge is 2.54. The van der Waals surface area contributed by atoms with Gasteiger partial charge in [0.25, 0.3) is 0 Å². The minimum atomic E-state index is -4.39. The molecule has 0 saturated heterocycles. The third-order valence-corrected chi connectivity index (χ3v) is 7.74. The molecule has 1 N–H and O–H groups in total. The van der Waals surface area contributed by atoms with Gasteiger partial charge in [-0.3, -0.25) is 4.68 Å². The molecule has 1 aliphatic rings. The lowest BCUT2D eigenvalue weighted by Gasteiger charge is -2.16. The van der Waals surface area contributed by atoms with E-state index in [2.05, 4.69) is 9.82 Å². The number of fused-ring (bicyclic) bond motifs is 1. The van der Waals surface area contributed by atoms with Gasteiger partial charge in [-0.1, -0.05) is 12.1 Å². The molecule has 1 saturated carbocycles. The molecule has 3 aromatic rings. The third-order valence-electron chi connectivity index (χ3n) is 5.51. The zero-order valence-electron chi connectivity index (χ0n) is 15.9. The minimum absolute atomic E-state index is 0.304. The average molecular weight is 423 g/mol. The lowest BCUT2D eigenvalue weighted by atomic mass is 9.97. The summed E-state index contributed by atoms with van der Waals surface area (Å²) in [5.74, 6) is 0. The van der Waals surface area contributed by atoms with Crippen LogP contribution in [0.25, 0.3) is 22.0 Å². The number of halogens is 3. The van der Waals surface area contributed by atoms with E-state index < -0.39 is 26.5 Å². The summed E-state index contributed by atoms with van der Waals surface area (Å²) in [4.78, 5) is 0. The fraction of sp³-hybridized carbons (Fsp3) is 0.350. The van der Waals surface area contributed by atoms with Gasteiger partial charge in [-0.15, -0.1) is 0 Å². The molecule has 0 amide bonds. The summed E-state index contributed by atoms with van der Waals surface area (Å²) in [6, 6.07) is 8.67. The van der Waals surface area contributed by atoms with E-state index in [9.17, 15) is 21.6 Å². The molecule has 29 heavy (non-hydrogen) atoms. The normalized spacial score (nSPS) is 16.3. The summed E-state index contributed by atoms with van der Waals surface area (Å²) in [5.41, 5.74) is 2.13. The predicted molar refractivity (Wildman–Crippen MR) is 105 cm³/mol. The van der Waals surface area contributed by atoms with Crippen LogP contribution in [0.5, 0.6) is 0 Å². The van der Waals surface area contributed by atoms with E-state index in [1.807, 2.05) is 18.3 Å². The van der Waals surface area contributed by atoms with E-state index in [4.69, 9.17) is 0 Å². The van der Waals surface area contributed by atoms with Crippen LogP contribution in [0.1, 0.15) is 24.0 Å². The van der Waals surface area contributed by atoms with Gasteiger partial charge in [0.2, 0.25) is 10.0 Å². The fourth-order valence-electron chi connectivity index (χ4n) is 3.72. The number of hydrogen-bond acceptors (Lipinski definition) is 3. The van der Waals surface area contributed by atoms with E-state index in [-0.39, 0.29) is 0 Å². The maximum atomic E-state index is 12.9. The zero-order chi connectivity index (χ0) is 21.0. The van der Waals surface area contributed by atoms with Crippen molar-refractivity contribution >= 4 is 20.9 Å². The molecular formula is C20H20F3N3O2S. The largest absolute Gasteiger partial charge is 0.416 e. The van der Waals surface area contributed by atoms with Gasteiger partial charge in [-0.2, -0.15) is 18.3 Å². The molecular weight excluding hydrogens is 403 g/mol. The van der Waals surface area contributed by atoms with Crippen molar-refractivity contribution in [3.63, 3.8) is 0 Å². The molecule has 2 aromatic carbocycles. The molecule has 154 valence electrons. The highest BCUT2D eigenvalue weighted by Crippen LogP contribution is 2.46. The Kier molecular flexibility index (Phi) is 4.51. The standard InChI is InChI=1S/C20H20F3N3O2S/c1-24-29(27,28)19(7-8-19)11-15-9-14(10-16-12-26(2)25-18(15)16)13-3-5-17(6-4-13)20(21,22)23/h3-6,9-10,12,24H,7-8,11H2,1-2H3. The van der Waals surface area contributed by atoms with Crippen molar-refractivity contribution in [1.29, 1.82) is 0 Å². The van der Waals surface area contributed by atoms with Gasteiger partial charge >= 0.3 is 6.18 Å². The second-order valence-corrected chi connectivity index (χ2v) is 9.80. The lowest BCUT2D eigenvalue weighted by molar-refractivity contribution is -0.137. The number of sulfonamides is 1. The van der Waals surface area contributed by atoms with Crippen LogP contribution in [0.4, 0.5) is 13.2 Å². The number of hydrogen-bond donors (Lipinski definition) is 1. The smallest absolute Gasteiger partial charge is 0.275 e. The fourth-order valence-corrected chi connectivity index (χ4v) is 5.14. The topological polar surface area (TPSA) is 64.0 Å². The SMILES string of the molecule is CNS(=O)(=O)C1(Cc2cc(-c3ccc(C(F)(F)F)cc3)cc3cn(C)nc23)CC1. The number of nitrogens with zero attached hydrogens (tertiary/aromatic N) is 2. The van der Waals surface area contributed by atoms with Gasteiger partial charge in [0, 0.05) is 18.6 Å². The first-order chi connectivity index (χ1) is 13.5. The monoisotopic (exact) mass is 423 g/mol. The molecule has 5 nitrogen and oxygen atoms in total. The van der Waals surface area contributed by atoms with Crippen molar-refractivity contribution in [3.8, 4) is 11.1 Å². The Morgan fingerprint density at radius 3 is 2.34 bits per heavy atom. The molecule has 1 heterocycles. The Balaban J connectivity index is 1.79. The number of nitrogens with one attached hydrogen (secondary N) is 1. The lowest BCUT2D eigenvalue weighted by Crippen LogP contribution is -2.35. The summed E-state index contributed by atoms with van der Waals surface area (Å²) in [6.07, 6.45) is -1.14. The minimum Gasteiger partial charge on any atom is -0.275 e. The predicted octanol–water partition coefficient (Wildman–Crippen LogP) is 3.88. The Bertz CT molecular complexity index is 1180. The van der Waals surface area contributed by atoms with Crippen molar-refractivity contribution in [2.45, 2.75) is 30.2 Å². The van der Waals surface area contributed by atoms with Gasteiger partial charge in [-0.25, -0.2) is 13.1 Å². The summed E-state index contributed by atoms with van der Waals surface area (Å²) in [6.45, 7) is 0. The molecule has 1 fully saturated rings. The van der Waals surface area contributed by atoms with E-state index in [0.29, 0.717) is 30.3 Å². The van der Waals surface area contributed by atoms with Crippen molar-refractivity contribution in [3.05, 3.63) is 53.7 Å². The molecule has 0 radical (unpaired) electrons. The van der Waals surface area contributed by atoms with Crippen LogP contribution in [0, 0.1) is 0 Å². The van der Waals surface area contributed by atoms with E-state index >= 15 is 0 Å². The number of aryl methyl sites for hydroxylation is 1. The average Bonchev–Trinajstić information content (AvgIpc) is 3.35. The first-order valence-corrected chi connectivity index (χ1v) is 10.6. The summed E-state index contributed by atoms with van der Waals surface area (Å²) in [7, 11) is -0.272. The van der Waals surface area contributed by atoms with Crippen molar-refractivity contribution in [2.24, 2.45) is 7.05 Å². The van der Waals surface area contributed by atoms with E-state index in [1.54, 1.807) is 11.7 Å². The first kappa shape index (κ1) is 19.9. The van der Waals surface area contributed by atoms with Crippen LogP contribution in [0.2, 0.25) is 0 Å². The van der Waals surface area contributed by atoms with Crippen LogP contribution < -0.4 is 4.72 Å². The summed E-state index contributed by atoms with van der Waals surface area (Å²) >= 11 is 0. The van der Waals surface area contributed by atoms with E-state index in [1.165, 1.54) is 19.2 Å². The van der Waals surface area contributed by atoms with Crippen molar-refractivity contribution in [1.82, 2.24) is 14.5 Å². The quantitative estimate of drug-likeness (QED) is 0.677.